The zero-order chi connectivity index (χ0) is 28.0. The van der Waals surface area contributed by atoms with Crippen LogP contribution in [0.2, 0.25) is 0 Å². The molecule has 6 rings (SSSR count). The molecule has 10 unspecified atom stereocenters. The number of hydrogen-bond donors (Lipinski definition) is 2. The molecule has 3 amide bonds. The first-order valence-electron chi connectivity index (χ1n) is 15.7. The van der Waals surface area contributed by atoms with Gasteiger partial charge in [-0.2, -0.15) is 0 Å². The molecule has 4 aliphatic heterocycles. The topological polar surface area (TPSA) is 109 Å². The van der Waals surface area contributed by atoms with E-state index in [9.17, 15) is 14.4 Å². The van der Waals surface area contributed by atoms with E-state index in [4.69, 9.17) is 14.2 Å². The Morgan fingerprint density at radius 2 is 1.93 bits per heavy atom. The van der Waals surface area contributed by atoms with Gasteiger partial charge in [-0.1, -0.05) is 0 Å². The van der Waals surface area contributed by atoms with Crippen LogP contribution in [0.15, 0.2) is 0 Å². The molecule has 0 aromatic heterocycles. The Morgan fingerprint density at radius 3 is 2.67 bits per heavy atom. The van der Waals surface area contributed by atoms with E-state index in [0.29, 0.717) is 37.4 Å². The van der Waals surface area contributed by atoms with E-state index >= 15 is 0 Å². The van der Waals surface area contributed by atoms with Crippen molar-refractivity contribution in [2.75, 3.05) is 40.4 Å². The highest BCUT2D eigenvalue weighted by molar-refractivity contribution is 5.83. The first-order chi connectivity index (χ1) is 19.4. The summed E-state index contributed by atoms with van der Waals surface area (Å²) in [6.45, 7) is 4.91. The summed E-state index contributed by atoms with van der Waals surface area (Å²) in [5.41, 5.74) is 0. The largest absolute Gasteiger partial charge is 0.379 e. The second-order valence-electron chi connectivity index (χ2n) is 13.0. The third-order valence-electron chi connectivity index (χ3n) is 11.1. The second kappa shape index (κ2) is 11.9. The molecule has 0 radical (unpaired) electrons. The van der Waals surface area contributed by atoms with E-state index in [1.807, 2.05) is 11.8 Å². The van der Waals surface area contributed by atoms with Crippen molar-refractivity contribution in [2.24, 2.45) is 23.7 Å². The highest BCUT2D eigenvalue weighted by atomic mass is 16.5. The van der Waals surface area contributed by atoms with Crippen LogP contribution in [0.1, 0.15) is 64.7 Å². The van der Waals surface area contributed by atoms with Crippen molar-refractivity contribution in [1.82, 2.24) is 20.4 Å². The molecule has 10 nitrogen and oxygen atoms in total. The second-order valence-corrected chi connectivity index (χ2v) is 13.0. The van der Waals surface area contributed by atoms with Crippen LogP contribution in [-0.4, -0.2) is 110 Å². The van der Waals surface area contributed by atoms with E-state index in [1.165, 1.54) is 0 Å². The fraction of sp³-hybridized carbons (Fsp3) is 0.900. The van der Waals surface area contributed by atoms with Gasteiger partial charge in [-0.3, -0.25) is 14.4 Å². The molecular formula is C30H48N4O6. The van der Waals surface area contributed by atoms with Gasteiger partial charge in [0.05, 0.1) is 30.3 Å². The molecule has 11 atom stereocenters. The van der Waals surface area contributed by atoms with Crippen molar-refractivity contribution < 1.29 is 28.6 Å². The Hall–Kier alpha value is -1.75. The molecule has 0 aromatic rings. The number of likely N-dealkylation sites (tertiary alicyclic amines) is 1. The van der Waals surface area contributed by atoms with E-state index in [1.54, 1.807) is 14.2 Å². The van der Waals surface area contributed by atoms with Gasteiger partial charge < -0.3 is 34.6 Å². The van der Waals surface area contributed by atoms with Gasteiger partial charge in [-0.15, -0.1) is 0 Å². The number of ether oxygens (including phenoxy) is 3. The number of methoxy groups -OCH3 is 2. The van der Waals surface area contributed by atoms with Crippen molar-refractivity contribution in [3.63, 3.8) is 0 Å². The van der Waals surface area contributed by atoms with E-state index in [2.05, 4.69) is 15.5 Å². The predicted molar refractivity (Wildman–Crippen MR) is 147 cm³/mol. The van der Waals surface area contributed by atoms with Gasteiger partial charge in [0.1, 0.15) is 6.10 Å². The molecule has 224 valence electrons. The van der Waals surface area contributed by atoms with Gasteiger partial charge in [0.25, 0.3) is 0 Å². The van der Waals surface area contributed by atoms with Crippen molar-refractivity contribution in [2.45, 2.75) is 107 Å². The summed E-state index contributed by atoms with van der Waals surface area (Å²) in [5, 5.41) is 6.84. The minimum atomic E-state index is -0.516. The number of piperidine rings is 2. The summed E-state index contributed by atoms with van der Waals surface area (Å²) in [4.78, 5) is 42.9. The lowest BCUT2D eigenvalue weighted by Gasteiger charge is -2.55. The van der Waals surface area contributed by atoms with Crippen LogP contribution in [0.25, 0.3) is 0 Å². The lowest BCUT2D eigenvalue weighted by molar-refractivity contribution is -0.175. The molecule has 2 saturated carbocycles. The number of nitrogens with zero attached hydrogens (tertiary/aromatic N) is 2. The lowest BCUT2D eigenvalue weighted by Crippen LogP contribution is -2.70. The van der Waals surface area contributed by atoms with Gasteiger partial charge in [0, 0.05) is 52.4 Å². The highest BCUT2D eigenvalue weighted by Crippen LogP contribution is 2.54. The number of rotatable bonds is 9. The quantitative estimate of drug-likeness (QED) is 0.410. The van der Waals surface area contributed by atoms with Crippen LogP contribution in [0.3, 0.4) is 0 Å². The van der Waals surface area contributed by atoms with Crippen LogP contribution in [0.4, 0.5) is 0 Å². The maximum Gasteiger partial charge on any atom is 0.248 e. The number of hydrogen-bond acceptors (Lipinski definition) is 7. The molecule has 2 N–H and O–H groups in total. The van der Waals surface area contributed by atoms with Crippen LogP contribution in [0.5, 0.6) is 0 Å². The summed E-state index contributed by atoms with van der Waals surface area (Å²) in [6.07, 6.45) is 7.31. The molecule has 10 heteroatoms. The van der Waals surface area contributed by atoms with Gasteiger partial charge in [0.15, 0.2) is 0 Å². The monoisotopic (exact) mass is 560 g/mol. The first-order valence-corrected chi connectivity index (χ1v) is 15.7. The van der Waals surface area contributed by atoms with Crippen molar-refractivity contribution in [3.8, 4) is 0 Å². The Balaban J connectivity index is 1.07. The molecular weight excluding hydrogens is 512 g/mol. The fourth-order valence-corrected chi connectivity index (χ4v) is 9.38. The smallest absolute Gasteiger partial charge is 0.248 e. The maximum atomic E-state index is 14.2. The van der Waals surface area contributed by atoms with Crippen LogP contribution >= 0.6 is 0 Å². The van der Waals surface area contributed by atoms with Gasteiger partial charge in [0.2, 0.25) is 17.7 Å². The molecule has 4 saturated heterocycles. The fourth-order valence-electron chi connectivity index (χ4n) is 9.38. The summed E-state index contributed by atoms with van der Waals surface area (Å²) >= 11 is 0. The molecule has 6 aliphatic rings. The van der Waals surface area contributed by atoms with Crippen molar-refractivity contribution in [3.05, 3.63) is 0 Å². The minimum absolute atomic E-state index is 0.0286. The Labute approximate surface area is 238 Å². The SMILES string of the molecule is COC1CCC2C3NCCC4C5CC(O[C@@H](C)C(=O)NCCCN6CCCC6=O)CCC5N(C(=O)C2C1OC)C43. The normalized spacial score (nSPS) is 41.4. The summed E-state index contributed by atoms with van der Waals surface area (Å²) in [7, 11) is 3.45. The Kier molecular flexibility index (Phi) is 8.41. The zero-order valence-electron chi connectivity index (χ0n) is 24.4. The number of amides is 3. The Bertz CT molecular complexity index is 964. The lowest BCUT2D eigenvalue weighted by atomic mass is 9.64. The number of carbonyl (C=O) groups excluding carboxylic acids is 3. The third-order valence-corrected chi connectivity index (χ3v) is 11.1. The van der Waals surface area contributed by atoms with Crippen molar-refractivity contribution >= 4 is 17.7 Å². The molecule has 4 heterocycles. The van der Waals surface area contributed by atoms with Gasteiger partial charge in [-0.25, -0.2) is 0 Å². The van der Waals surface area contributed by atoms with Crippen LogP contribution in [0, 0.1) is 23.7 Å². The molecule has 0 spiro atoms. The van der Waals surface area contributed by atoms with E-state index < -0.39 is 6.10 Å². The van der Waals surface area contributed by atoms with E-state index in [0.717, 1.165) is 64.5 Å². The first kappa shape index (κ1) is 28.4. The average Bonchev–Trinajstić information content (AvgIpc) is 3.53. The summed E-state index contributed by atoms with van der Waals surface area (Å²) in [5.74, 6) is 1.42. The summed E-state index contributed by atoms with van der Waals surface area (Å²) < 4.78 is 18.0. The van der Waals surface area contributed by atoms with E-state index in [-0.39, 0.29) is 60.0 Å². The summed E-state index contributed by atoms with van der Waals surface area (Å²) in [6, 6.07) is 0.794. The molecule has 0 bridgehead atoms. The third kappa shape index (κ3) is 4.96. The van der Waals surface area contributed by atoms with Gasteiger partial charge >= 0.3 is 0 Å². The standard InChI is InChI=1S/C30H48N4O6/c1-17(29(36)32-12-5-15-33-14-4-6-24(33)35)40-18-7-9-22-21(16-18)19-11-13-31-26-20-8-10-23(38-2)28(39-3)25(20)30(37)34(22)27(19)26/h17-23,25-28,31H,4-16H2,1-3H3,(H,32,36)/t17-,18?,19?,20?,21?,22?,23?,25?,26?,27?,28?/m0/s1. The molecule has 0 aromatic carbocycles. The Morgan fingerprint density at radius 1 is 1.07 bits per heavy atom. The molecule has 40 heavy (non-hydrogen) atoms. The predicted octanol–water partition coefficient (Wildman–Crippen LogP) is 1.32. The minimum Gasteiger partial charge on any atom is -0.379 e. The zero-order valence-corrected chi connectivity index (χ0v) is 24.4. The van der Waals surface area contributed by atoms with Gasteiger partial charge in [-0.05, 0) is 82.6 Å². The maximum absolute atomic E-state index is 14.2. The average molecular weight is 561 g/mol. The number of fused-ring (bicyclic) bond motifs is 5. The number of nitrogens with one attached hydrogen (secondary N) is 2. The highest BCUT2D eigenvalue weighted by Gasteiger charge is 2.64. The van der Waals surface area contributed by atoms with Crippen LogP contribution < -0.4 is 10.6 Å². The van der Waals surface area contributed by atoms with Crippen molar-refractivity contribution in [1.29, 1.82) is 0 Å². The van der Waals surface area contributed by atoms with Crippen LogP contribution in [-0.2, 0) is 28.6 Å². The molecule has 2 aliphatic carbocycles. The number of carbonyl (C=O) groups is 3. The molecule has 6 fully saturated rings.